The van der Waals surface area contributed by atoms with E-state index in [1.54, 1.807) is 0 Å². The Bertz CT molecular complexity index is 948. The molecule has 1 aliphatic rings. The zero-order valence-electron chi connectivity index (χ0n) is 14.8. The molecule has 0 bridgehead atoms. The first-order chi connectivity index (χ1) is 12.3. The lowest BCUT2D eigenvalue weighted by molar-refractivity contribution is 0.0692. The minimum absolute atomic E-state index is 0.0641. The first-order valence-corrected chi connectivity index (χ1v) is 10.7. The van der Waals surface area contributed by atoms with Gasteiger partial charge in [-0.2, -0.15) is 0 Å². The van der Waals surface area contributed by atoms with Gasteiger partial charge in [0.2, 0.25) is 0 Å². The van der Waals surface area contributed by atoms with E-state index in [2.05, 4.69) is 10.0 Å². The van der Waals surface area contributed by atoms with E-state index in [4.69, 9.17) is 0 Å². The van der Waals surface area contributed by atoms with Crippen LogP contribution in [0.25, 0.3) is 0 Å². The molecule has 0 amide bonds. The third kappa shape index (κ3) is 3.83. The van der Waals surface area contributed by atoms with E-state index in [-0.39, 0.29) is 16.3 Å². The highest BCUT2D eigenvalue weighted by Crippen LogP contribution is 2.34. The molecule has 140 valence electrons. The van der Waals surface area contributed by atoms with Crippen molar-refractivity contribution in [1.82, 2.24) is 10.0 Å². The molecule has 2 aromatic rings. The van der Waals surface area contributed by atoms with E-state index in [0.29, 0.717) is 31.5 Å². The van der Waals surface area contributed by atoms with Gasteiger partial charge in [-0.05, 0) is 49.9 Å². The van der Waals surface area contributed by atoms with Crippen LogP contribution in [0.4, 0.5) is 0 Å². The number of hydrogen-bond donors (Lipinski definition) is 3. The Hall–Kier alpha value is -1.74. The molecular formula is C18H22N2O4S2. The number of thiophene rings is 1. The Morgan fingerprint density at radius 1 is 1.35 bits per heavy atom. The lowest BCUT2D eigenvalue weighted by Crippen LogP contribution is -2.27. The second-order valence-electron chi connectivity index (χ2n) is 6.48. The summed E-state index contributed by atoms with van der Waals surface area (Å²) in [6.45, 7) is 5.39. The van der Waals surface area contributed by atoms with Crippen LogP contribution in [0.5, 0.6) is 0 Å². The van der Waals surface area contributed by atoms with Crippen LogP contribution in [0.3, 0.4) is 0 Å². The minimum atomic E-state index is -3.86. The van der Waals surface area contributed by atoms with Crippen molar-refractivity contribution in [3.05, 3.63) is 50.9 Å². The number of rotatable bonds is 6. The second kappa shape index (κ2) is 7.48. The number of fused-ring (bicyclic) bond motifs is 1. The maximum atomic E-state index is 12.7. The molecule has 26 heavy (non-hydrogen) atoms. The van der Waals surface area contributed by atoms with Crippen LogP contribution in [0.2, 0.25) is 0 Å². The van der Waals surface area contributed by atoms with Crippen molar-refractivity contribution < 1.29 is 18.3 Å². The number of aromatic carboxylic acids is 1. The van der Waals surface area contributed by atoms with Gasteiger partial charge in [0.05, 0.1) is 5.56 Å². The minimum Gasteiger partial charge on any atom is -0.478 e. The van der Waals surface area contributed by atoms with Crippen molar-refractivity contribution >= 4 is 27.3 Å². The van der Waals surface area contributed by atoms with Crippen LogP contribution >= 0.6 is 11.3 Å². The third-order valence-corrected chi connectivity index (χ3v) is 7.76. The molecule has 0 saturated heterocycles. The van der Waals surface area contributed by atoms with Crippen molar-refractivity contribution in [2.45, 2.75) is 37.4 Å². The summed E-state index contributed by atoms with van der Waals surface area (Å²) in [5.74, 6) is -1.18. The van der Waals surface area contributed by atoms with Gasteiger partial charge >= 0.3 is 5.97 Å². The summed E-state index contributed by atoms with van der Waals surface area (Å²) in [5.41, 5.74) is 3.90. The highest BCUT2D eigenvalue weighted by Gasteiger charge is 2.31. The average molecular weight is 395 g/mol. The standard InChI is InChI=1S/C18H22N2O4S2/c1-11-3-4-12(2)13(9-11)5-8-20-26(23,24)18-16(17(21)22)14-6-7-19-10-15(14)25-18/h3-4,9,19-20H,5-8,10H2,1-2H3,(H,21,22). The summed E-state index contributed by atoms with van der Waals surface area (Å²) in [4.78, 5) is 12.5. The van der Waals surface area contributed by atoms with Crippen LogP contribution in [0.1, 0.15) is 37.5 Å². The summed E-state index contributed by atoms with van der Waals surface area (Å²) in [5, 5.41) is 12.7. The van der Waals surface area contributed by atoms with Gasteiger partial charge in [-0.3, -0.25) is 0 Å². The third-order valence-electron chi connectivity index (χ3n) is 4.54. The molecule has 1 aliphatic heterocycles. The van der Waals surface area contributed by atoms with Crippen molar-refractivity contribution in [2.75, 3.05) is 13.1 Å². The normalized spacial score (nSPS) is 14.2. The van der Waals surface area contributed by atoms with Crippen molar-refractivity contribution in [2.24, 2.45) is 0 Å². The van der Waals surface area contributed by atoms with Gasteiger partial charge in [0.25, 0.3) is 10.0 Å². The fourth-order valence-electron chi connectivity index (χ4n) is 3.17. The van der Waals surface area contributed by atoms with Gasteiger partial charge in [0.1, 0.15) is 4.21 Å². The molecule has 6 nitrogen and oxygen atoms in total. The summed E-state index contributed by atoms with van der Waals surface area (Å²) in [6, 6.07) is 6.08. The molecule has 1 aromatic heterocycles. The highest BCUT2D eigenvalue weighted by atomic mass is 32.2. The van der Waals surface area contributed by atoms with Crippen molar-refractivity contribution in [3.63, 3.8) is 0 Å². The molecular weight excluding hydrogens is 372 g/mol. The molecule has 0 spiro atoms. The molecule has 3 N–H and O–H groups in total. The topological polar surface area (TPSA) is 95.5 Å². The molecule has 1 aromatic carbocycles. The maximum Gasteiger partial charge on any atom is 0.338 e. The number of benzene rings is 1. The summed E-state index contributed by atoms with van der Waals surface area (Å²) in [6.07, 6.45) is 1.09. The van der Waals surface area contributed by atoms with E-state index in [9.17, 15) is 18.3 Å². The Kier molecular flexibility index (Phi) is 5.47. The van der Waals surface area contributed by atoms with E-state index >= 15 is 0 Å². The fourth-order valence-corrected chi connectivity index (χ4v) is 6.11. The molecule has 0 radical (unpaired) electrons. The van der Waals surface area contributed by atoms with E-state index in [1.165, 1.54) is 0 Å². The Labute approximate surface area is 157 Å². The fraction of sp³-hybridized carbons (Fsp3) is 0.389. The molecule has 0 aliphatic carbocycles. The largest absolute Gasteiger partial charge is 0.478 e. The number of nitrogens with one attached hydrogen (secondary N) is 2. The molecule has 0 unspecified atom stereocenters. The molecule has 3 rings (SSSR count). The van der Waals surface area contributed by atoms with E-state index in [1.807, 2.05) is 32.0 Å². The SMILES string of the molecule is Cc1ccc(C)c(CCNS(=O)(=O)c2sc3c(c2C(=O)O)CCNC3)c1. The van der Waals surface area contributed by atoms with Crippen LogP contribution in [-0.2, 0) is 29.4 Å². The summed E-state index contributed by atoms with van der Waals surface area (Å²) in [7, 11) is -3.86. The number of carboxylic acids is 1. The number of carboxylic acid groups (broad SMARTS) is 1. The molecule has 2 heterocycles. The lowest BCUT2D eigenvalue weighted by atomic mass is 10.0. The Morgan fingerprint density at radius 2 is 2.12 bits per heavy atom. The first-order valence-electron chi connectivity index (χ1n) is 8.44. The maximum absolute atomic E-state index is 12.7. The number of sulfonamides is 1. The summed E-state index contributed by atoms with van der Waals surface area (Å²) < 4.78 is 28.0. The number of hydrogen-bond acceptors (Lipinski definition) is 5. The molecule has 0 atom stereocenters. The summed E-state index contributed by atoms with van der Waals surface area (Å²) >= 11 is 1.06. The number of aryl methyl sites for hydroxylation is 2. The van der Waals surface area contributed by atoms with Gasteiger partial charge in [0, 0.05) is 18.0 Å². The van der Waals surface area contributed by atoms with Crippen molar-refractivity contribution in [1.29, 1.82) is 0 Å². The highest BCUT2D eigenvalue weighted by molar-refractivity contribution is 7.91. The lowest BCUT2D eigenvalue weighted by Gasteiger charge is -2.12. The zero-order valence-corrected chi connectivity index (χ0v) is 16.4. The smallest absolute Gasteiger partial charge is 0.338 e. The second-order valence-corrected chi connectivity index (χ2v) is 9.54. The van der Waals surface area contributed by atoms with Gasteiger partial charge in [-0.1, -0.05) is 23.8 Å². The molecule has 8 heteroatoms. The van der Waals surface area contributed by atoms with E-state index < -0.39 is 16.0 Å². The predicted molar refractivity (Wildman–Crippen MR) is 101 cm³/mol. The Balaban J connectivity index is 1.81. The van der Waals surface area contributed by atoms with Crippen molar-refractivity contribution in [3.8, 4) is 0 Å². The van der Waals surface area contributed by atoms with Crippen LogP contribution in [0.15, 0.2) is 22.4 Å². The monoisotopic (exact) mass is 394 g/mol. The van der Waals surface area contributed by atoms with Crippen LogP contribution < -0.4 is 10.0 Å². The predicted octanol–water partition coefficient (Wildman–Crippen LogP) is 2.23. The van der Waals surface area contributed by atoms with Gasteiger partial charge in [-0.25, -0.2) is 17.9 Å². The van der Waals surface area contributed by atoms with Gasteiger partial charge in [-0.15, -0.1) is 11.3 Å². The number of carbonyl (C=O) groups is 1. The van der Waals surface area contributed by atoms with E-state index in [0.717, 1.165) is 32.9 Å². The van der Waals surface area contributed by atoms with Gasteiger partial charge < -0.3 is 10.4 Å². The first kappa shape index (κ1) is 19.0. The molecule has 0 fully saturated rings. The van der Waals surface area contributed by atoms with Crippen LogP contribution in [-0.4, -0.2) is 32.6 Å². The van der Waals surface area contributed by atoms with Crippen LogP contribution in [0, 0.1) is 13.8 Å². The average Bonchev–Trinajstić information content (AvgIpc) is 2.98. The van der Waals surface area contributed by atoms with Gasteiger partial charge in [0.15, 0.2) is 0 Å². The molecule has 0 saturated carbocycles. The Morgan fingerprint density at radius 3 is 2.85 bits per heavy atom. The quantitative estimate of drug-likeness (QED) is 0.698. The zero-order chi connectivity index (χ0) is 18.9.